The summed E-state index contributed by atoms with van der Waals surface area (Å²) in [6.45, 7) is 17.7. The molecule has 8 heteroatoms. The fourth-order valence-corrected chi connectivity index (χ4v) is 3.32. The Kier molecular flexibility index (Phi) is 11.4. The van der Waals surface area contributed by atoms with Crippen molar-refractivity contribution in [1.82, 2.24) is 25.6 Å². The number of nitrogens with zero attached hydrogens (tertiary/aromatic N) is 4. The van der Waals surface area contributed by atoms with Crippen LogP contribution in [0.5, 0.6) is 0 Å². The molecule has 2 heterocycles. The predicted molar refractivity (Wildman–Crippen MR) is 127 cm³/mol. The zero-order valence-electron chi connectivity index (χ0n) is 18.4. The number of piperazine rings is 1. The van der Waals surface area contributed by atoms with Gasteiger partial charge in [0.1, 0.15) is 6.54 Å². The van der Waals surface area contributed by atoms with Crippen LogP contribution in [0.1, 0.15) is 52.0 Å². The first kappa shape index (κ1) is 25.2. The molecule has 0 aliphatic carbocycles. The van der Waals surface area contributed by atoms with E-state index in [0.29, 0.717) is 24.4 Å². The highest BCUT2D eigenvalue weighted by atomic mass is 127. The van der Waals surface area contributed by atoms with E-state index in [1.807, 2.05) is 6.07 Å². The summed E-state index contributed by atoms with van der Waals surface area (Å²) in [4.78, 5) is 9.68. The smallest absolute Gasteiger partial charge is 0.191 e. The van der Waals surface area contributed by atoms with E-state index in [9.17, 15) is 0 Å². The molecule has 162 valence electrons. The Hall–Kier alpha value is -0.870. The molecule has 0 radical (unpaired) electrons. The van der Waals surface area contributed by atoms with Crippen molar-refractivity contribution in [2.24, 2.45) is 10.9 Å². The summed E-state index contributed by atoms with van der Waals surface area (Å²) < 4.78 is 5.40. The van der Waals surface area contributed by atoms with Crippen LogP contribution in [0.15, 0.2) is 15.6 Å². The number of aliphatic imine (C=N–C) groups is 1. The topological polar surface area (TPSA) is 68.9 Å². The zero-order chi connectivity index (χ0) is 19.8. The second-order valence-electron chi connectivity index (χ2n) is 8.10. The van der Waals surface area contributed by atoms with Gasteiger partial charge in [-0.3, -0.25) is 4.90 Å². The lowest BCUT2D eigenvalue weighted by Crippen LogP contribution is -2.55. The summed E-state index contributed by atoms with van der Waals surface area (Å²) in [5, 5.41) is 11.0. The maximum absolute atomic E-state index is 5.40. The molecule has 2 rings (SSSR count). The Bertz CT molecular complexity index is 581. The molecule has 0 spiro atoms. The van der Waals surface area contributed by atoms with E-state index in [1.165, 1.54) is 0 Å². The number of hydrogen-bond acceptors (Lipinski definition) is 5. The number of rotatable bonds is 8. The summed E-state index contributed by atoms with van der Waals surface area (Å²) >= 11 is 0. The number of guanidine groups is 1. The Balaban J connectivity index is 0.00000392. The molecule has 1 unspecified atom stereocenters. The van der Waals surface area contributed by atoms with E-state index >= 15 is 0 Å². The highest BCUT2D eigenvalue weighted by Crippen LogP contribution is 2.15. The van der Waals surface area contributed by atoms with Gasteiger partial charge in [-0.2, -0.15) is 0 Å². The van der Waals surface area contributed by atoms with Gasteiger partial charge in [-0.25, -0.2) is 4.99 Å². The molecule has 1 atom stereocenters. The van der Waals surface area contributed by atoms with Crippen LogP contribution in [0.25, 0.3) is 0 Å². The molecule has 2 N–H and O–H groups in total. The van der Waals surface area contributed by atoms with Crippen molar-refractivity contribution < 1.29 is 4.52 Å². The van der Waals surface area contributed by atoms with Crippen molar-refractivity contribution in [3.8, 4) is 0 Å². The number of hydrogen-bond donors (Lipinski definition) is 2. The predicted octanol–water partition coefficient (Wildman–Crippen LogP) is 2.74. The molecule has 1 saturated heterocycles. The van der Waals surface area contributed by atoms with Crippen LogP contribution in [0.2, 0.25) is 0 Å². The van der Waals surface area contributed by atoms with E-state index in [-0.39, 0.29) is 24.0 Å². The fourth-order valence-electron chi connectivity index (χ4n) is 3.32. The van der Waals surface area contributed by atoms with Gasteiger partial charge in [0, 0.05) is 51.4 Å². The van der Waals surface area contributed by atoms with Gasteiger partial charge in [0.15, 0.2) is 11.7 Å². The Morgan fingerprint density at radius 2 is 1.86 bits per heavy atom. The molecule has 1 aliphatic rings. The molecule has 1 aromatic heterocycles. The summed E-state index contributed by atoms with van der Waals surface area (Å²) in [5.74, 6) is 2.59. The highest BCUT2D eigenvalue weighted by Gasteiger charge is 2.25. The largest absolute Gasteiger partial charge is 0.359 e. The SMILES string of the molecule is CCNC(=NCc1cc(C(C)C)no1)NCC(C(C)C)N1CCN(C)CC1.I. The number of likely N-dealkylation sites (N-methyl/N-ethyl adjacent to an activating group) is 1. The third-order valence-corrected chi connectivity index (χ3v) is 5.16. The maximum Gasteiger partial charge on any atom is 0.191 e. The van der Waals surface area contributed by atoms with E-state index < -0.39 is 0 Å². The van der Waals surface area contributed by atoms with Gasteiger partial charge >= 0.3 is 0 Å². The number of halogens is 1. The average molecular weight is 506 g/mol. The minimum Gasteiger partial charge on any atom is -0.359 e. The normalized spacial score (nSPS) is 17.6. The second-order valence-corrected chi connectivity index (χ2v) is 8.10. The number of aromatic nitrogens is 1. The Morgan fingerprint density at radius 3 is 2.39 bits per heavy atom. The van der Waals surface area contributed by atoms with Gasteiger partial charge in [0.2, 0.25) is 0 Å². The Morgan fingerprint density at radius 1 is 1.18 bits per heavy atom. The first-order chi connectivity index (χ1) is 12.9. The standard InChI is InChI=1S/C20H38N6O.HI/c1-7-21-20(22-13-17-12-18(15(2)3)24-27-17)23-14-19(16(4)5)26-10-8-25(6)9-11-26;/h12,15-16,19H,7-11,13-14H2,1-6H3,(H2,21,22,23);1H. The molecule has 0 saturated carbocycles. The van der Waals surface area contributed by atoms with E-state index in [1.54, 1.807) is 0 Å². The van der Waals surface area contributed by atoms with Gasteiger partial charge in [-0.15, -0.1) is 24.0 Å². The summed E-state index contributed by atoms with van der Waals surface area (Å²) in [7, 11) is 2.20. The summed E-state index contributed by atoms with van der Waals surface area (Å²) in [5.41, 5.74) is 0.980. The molecule has 0 amide bonds. The monoisotopic (exact) mass is 506 g/mol. The van der Waals surface area contributed by atoms with Crippen molar-refractivity contribution in [3.63, 3.8) is 0 Å². The van der Waals surface area contributed by atoms with Crippen molar-refractivity contribution in [2.75, 3.05) is 46.3 Å². The fraction of sp³-hybridized carbons (Fsp3) is 0.800. The van der Waals surface area contributed by atoms with Crippen LogP contribution < -0.4 is 10.6 Å². The molecule has 0 aromatic carbocycles. The first-order valence-corrected chi connectivity index (χ1v) is 10.3. The van der Waals surface area contributed by atoms with Crippen LogP contribution in [0, 0.1) is 5.92 Å². The van der Waals surface area contributed by atoms with Gasteiger partial charge in [-0.05, 0) is 25.8 Å². The zero-order valence-corrected chi connectivity index (χ0v) is 20.7. The van der Waals surface area contributed by atoms with Crippen LogP contribution in [0.3, 0.4) is 0 Å². The van der Waals surface area contributed by atoms with E-state index in [4.69, 9.17) is 4.52 Å². The molecular weight excluding hydrogens is 467 g/mol. The van der Waals surface area contributed by atoms with Crippen LogP contribution in [-0.2, 0) is 6.54 Å². The van der Waals surface area contributed by atoms with Crippen molar-refractivity contribution in [3.05, 3.63) is 17.5 Å². The molecule has 0 bridgehead atoms. The lowest BCUT2D eigenvalue weighted by molar-refractivity contribution is 0.0900. The van der Waals surface area contributed by atoms with Gasteiger partial charge in [0.25, 0.3) is 0 Å². The molecule has 1 aliphatic heterocycles. The third-order valence-electron chi connectivity index (χ3n) is 5.16. The van der Waals surface area contributed by atoms with Gasteiger partial charge in [-0.1, -0.05) is 32.9 Å². The molecule has 28 heavy (non-hydrogen) atoms. The van der Waals surface area contributed by atoms with Crippen LogP contribution in [0.4, 0.5) is 0 Å². The maximum atomic E-state index is 5.40. The Labute approximate surface area is 187 Å². The van der Waals surface area contributed by atoms with Crippen LogP contribution in [-0.4, -0.2) is 73.3 Å². The highest BCUT2D eigenvalue weighted by molar-refractivity contribution is 14.0. The van der Waals surface area contributed by atoms with E-state index in [2.05, 4.69) is 72.2 Å². The summed E-state index contributed by atoms with van der Waals surface area (Å²) in [6.07, 6.45) is 0. The minimum absolute atomic E-state index is 0. The molecule has 1 fully saturated rings. The third kappa shape index (κ3) is 7.87. The quantitative estimate of drug-likeness (QED) is 0.321. The van der Waals surface area contributed by atoms with Gasteiger partial charge in [0.05, 0.1) is 5.69 Å². The minimum atomic E-state index is 0. The lowest BCUT2D eigenvalue weighted by Gasteiger charge is -2.40. The molecule has 1 aromatic rings. The first-order valence-electron chi connectivity index (χ1n) is 10.3. The van der Waals surface area contributed by atoms with Crippen LogP contribution >= 0.6 is 24.0 Å². The lowest BCUT2D eigenvalue weighted by atomic mass is 10.0. The molecule has 7 nitrogen and oxygen atoms in total. The second kappa shape index (κ2) is 12.6. The van der Waals surface area contributed by atoms with Crippen molar-refractivity contribution >= 4 is 29.9 Å². The average Bonchev–Trinajstić information content (AvgIpc) is 3.10. The summed E-state index contributed by atoms with van der Waals surface area (Å²) in [6, 6.07) is 2.50. The van der Waals surface area contributed by atoms with Crippen molar-refractivity contribution in [2.45, 2.75) is 53.1 Å². The molecular formula is C20H39IN6O. The number of nitrogens with one attached hydrogen (secondary N) is 2. The van der Waals surface area contributed by atoms with Crippen molar-refractivity contribution in [1.29, 1.82) is 0 Å². The van der Waals surface area contributed by atoms with Gasteiger partial charge < -0.3 is 20.1 Å². The van der Waals surface area contributed by atoms with E-state index in [0.717, 1.165) is 56.7 Å².